The van der Waals surface area contributed by atoms with Crippen LogP contribution in [-0.2, 0) is 6.42 Å². The number of rotatable bonds is 5. The number of hydrogen-bond donors (Lipinski definition) is 1. The van der Waals surface area contributed by atoms with Gasteiger partial charge < -0.3 is 9.84 Å². The van der Waals surface area contributed by atoms with Gasteiger partial charge in [-0.05, 0) is 12.0 Å². The van der Waals surface area contributed by atoms with Crippen molar-refractivity contribution in [3.63, 3.8) is 0 Å². The lowest BCUT2D eigenvalue weighted by molar-refractivity contribution is 0.0945. The molecule has 0 aliphatic carbocycles. The van der Waals surface area contributed by atoms with Crippen LogP contribution in [0.25, 0.3) is 11.3 Å². The molecule has 1 heterocycles. The first-order valence-electron chi connectivity index (χ1n) is 7.17. The van der Waals surface area contributed by atoms with Crippen LogP contribution in [0.4, 0.5) is 0 Å². The number of aromatic nitrogens is 1. The molecule has 0 radical (unpaired) electrons. The Morgan fingerprint density at radius 1 is 1.00 bits per heavy atom. The number of nitrogens with zero attached hydrogens (tertiary/aromatic N) is 1. The largest absolute Gasteiger partial charge is 0.355 e. The van der Waals surface area contributed by atoms with Crippen LogP contribution in [0.5, 0.6) is 0 Å². The van der Waals surface area contributed by atoms with Crippen molar-refractivity contribution < 1.29 is 9.32 Å². The zero-order valence-corrected chi connectivity index (χ0v) is 12.0. The maximum atomic E-state index is 12.0. The molecule has 0 aliphatic rings. The molecule has 1 N–H and O–H groups in total. The molecule has 22 heavy (non-hydrogen) atoms. The van der Waals surface area contributed by atoms with E-state index in [2.05, 4.69) is 10.5 Å². The molecule has 0 fully saturated rings. The van der Waals surface area contributed by atoms with Crippen LogP contribution < -0.4 is 5.32 Å². The Morgan fingerprint density at radius 2 is 1.68 bits per heavy atom. The highest BCUT2D eigenvalue weighted by Gasteiger charge is 2.12. The third kappa shape index (κ3) is 3.41. The van der Waals surface area contributed by atoms with E-state index in [1.54, 1.807) is 6.07 Å². The number of carbonyl (C=O) groups is 1. The summed E-state index contributed by atoms with van der Waals surface area (Å²) in [5.41, 5.74) is 2.39. The second-order valence-electron chi connectivity index (χ2n) is 4.93. The molecule has 3 aromatic rings. The predicted octanol–water partition coefficient (Wildman–Crippen LogP) is 3.31. The van der Waals surface area contributed by atoms with Gasteiger partial charge in [-0.2, -0.15) is 0 Å². The van der Waals surface area contributed by atoms with E-state index in [1.165, 1.54) is 5.56 Å². The second kappa shape index (κ2) is 6.72. The molecule has 1 aromatic heterocycles. The third-order valence-electron chi connectivity index (χ3n) is 3.34. The SMILES string of the molecule is O=C(NCCc1ccccc1)c1cc(-c2ccccc2)on1. The van der Waals surface area contributed by atoms with Crippen molar-refractivity contribution in [3.8, 4) is 11.3 Å². The van der Waals surface area contributed by atoms with Crippen molar-refractivity contribution >= 4 is 5.91 Å². The van der Waals surface area contributed by atoms with Crippen molar-refractivity contribution in [2.45, 2.75) is 6.42 Å². The Balaban J connectivity index is 1.58. The molecule has 4 heteroatoms. The number of nitrogens with one attached hydrogen (secondary N) is 1. The summed E-state index contributed by atoms with van der Waals surface area (Å²) in [4.78, 5) is 12.0. The summed E-state index contributed by atoms with van der Waals surface area (Å²) in [6.45, 7) is 0.566. The molecule has 0 spiro atoms. The van der Waals surface area contributed by atoms with Gasteiger partial charge in [-0.1, -0.05) is 65.8 Å². The van der Waals surface area contributed by atoms with Gasteiger partial charge in [0.25, 0.3) is 5.91 Å². The molecule has 0 unspecified atom stereocenters. The summed E-state index contributed by atoms with van der Waals surface area (Å²) in [7, 11) is 0. The van der Waals surface area contributed by atoms with Gasteiger partial charge >= 0.3 is 0 Å². The first kappa shape index (κ1) is 14.1. The third-order valence-corrected chi connectivity index (χ3v) is 3.34. The van der Waals surface area contributed by atoms with Gasteiger partial charge in [0, 0.05) is 18.2 Å². The van der Waals surface area contributed by atoms with Crippen LogP contribution in [0, 0.1) is 0 Å². The first-order valence-corrected chi connectivity index (χ1v) is 7.17. The lowest BCUT2D eigenvalue weighted by Gasteiger charge is -2.02. The van der Waals surface area contributed by atoms with Crippen molar-refractivity contribution in [2.24, 2.45) is 0 Å². The van der Waals surface area contributed by atoms with Crippen LogP contribution in [0.2, 0.25) is 0 Å². The molecule has 2 aromatic carbocycles. The number of carbonyl (C=O) groups excluding carboxylic acids is 1. The topological polar surface area (TPSA) is 55.1 Å². The van der Waals surface area contributed by atoms with E-state index in [0.29, 0.717) is 18.0 Å². The molecule has 0 saturated heterocycles. The highest BCUT2D eigenvalue weighted by molar-refractivity contribution is 5.93. The van der Waals surface area contributed by atoms with Gasteiger partial charge in [0.2, 0.25) is 0 Å². The minimum Gasteiger partial charge on any atom is -0.355 e. The summed E-state index contributed by atoms with van der Waals surface area (Å²) in [5, 5.41) is 6.68. The average Bonchev–Trinajstić information content (AvgIpc) is 3.07. The normalized spacial score (nSPS) is 10.4. The van der Waals surface area contributed by atoms with Gasteiger partial charge in [-0.3, -0.25) is 4.79 Å². The standard InChI is InChI=1S/C18H16N2O2/c21-18(19-12-11-14-7-3-1-4-8-14)16-13-17(22-20-16)15-9-5-2-6-10-15/h1-10,13H,11-12H2,(H,19,21). The van der Waals surface area contributed by atoms with Crippen LogP contribution in [-0.4, -0.2) is 17.6 Å². The highest BCUT2D eigenvalue weighted by Crippen LogP contribution is 2.19. The van der Waals surface area contributed by atoms with Gasteiger partial charge in [0.05, 0.1) is 0 Å². The Kier molecular flexibility index (Phi) is 4.30. The smallest absolute Gasteiger partial charge is 0.273 e. The van der Waals surface area contributed by atoms with Gasteiger partial charge in [0.15, 0.2) is 11.5 Å². The fourth-order valence-corrected chi connectivity index (χ4v) is 2.18. The maximum Gasteiger partial charge on any atom is 0.273 e. The summed E-state index contributed by atoms with van der Waals surface area (Å²) < 4.78 is 5.23. The maximum absolute atomic E-state index is 12.0. The van der Waals surface area contributed by atoms with Crippen molar-refractivity contribution in [2.75, 3.05) is 6.54 Å². The molecule has 3 rings (SSSR count). The molecule has 1 amide bonds. The van der Waals surface area contributed by atoms with E-state index in [0.717, 1.165) is 12.0 Å². The summed E-state index contributed by atoms with van der Waals surface area (Å²) >= 11 is 0. The molecular weight excluding hydrogens is 276 g/mol. The van der Waals surface area contributed by atoms with Gasteiger partial charge in [-0.25, -0.2) is 0 Å². The Bertz CT molecular complexity index is 736. The lowest BCUT2D eigenvalue weighted by atomic mass is 10.1. The van der Waals surface area contributed by atoms with Crippen molar-refractivity contribution in [3.05, 3.63) is 78.0 Å². The molecule has 4 nitrogen and oxygen atoms in total. The van der Waals surface area contributed by atoms with E-state index in [9.17, 15) is 4.79 Å². The summed E-state index contributed by atoms with van der Waals surface area (Å²) in [6, 6.07) is 21.3. The van der Waals surface area contributed by atoms with Crippen molar-refractivity contribution in [1.29, 1.82) is 0 Å². The molecule has 110 valence electrons. The van der Waals surface area contributed by atoms with E-state index < -0.39 is 0 Å². The Morgan fingerprint density at radius 3 is 2.41 bits per heavy atom. The van der Waals surface area contributed by atoms with E-state index in [4.69, 9.17) is 4.52 Å². The number of amides is 1. The fraction of sp³-hybridized carbons (Fsp3) is 0.111. The van der Waals surface area contributed by atoms with E-state index in [-0.39, 0.29) is 5.91 Å². The van der Waals surface area contributed by atoms with Crippen LogP contribution >= 0.6 is 0 Å². The van der Waals surface area contributed by atoms with E-state index in [1.807, 2.05) is 60.7 Å². The van der Waals surface area contributed by atoms with Crippen LogP contribution in [0.1, 0.15) is 16.1 Å². The van der Waals surface area contributed by atoms with Crippen LogP contribution in [0.3, 0.4) is 0 Å². The Hall–Kier alpha value is -2.88. The summed E-state index contributed by atoms with van der Waals surface area (Å²) in [6.07, 6.45) is 0.788. The average molecular weight is 292 g/mol. The minimum absolute atomic E-state index is 0.220. The second-order valence-corrected chi connectivity index (χ2v) is 4.93. The van der Waals surface area contributed by atoms with Gasteiger partial charge in [0.1, 0.15) is 0 Å². The Labute approximate surface area is 128 Å². The monoisotopic (exact) mass is 292 g/mol. The quantitative estimate of drug-likeness (QED) is 0.785. The fourth-order valence-electron chi connectivity index (χ4n) is 2.18. The van der Waals surface area contributed by atoms with E-state index >= 15 is 0 Å². The zero-order valence-electron chi connectivity index (χ0n) is 12.0. The number of benzene rings is 2. The highest BCUT2D eigenvalue weighted by atomic mass is 16.5. The molecule has 0 bridgehead atoms. The van der Waals surface area contributed by atoms with Crippen molar-refractivity contribution in [1.82, 2.24) is 10.5 Å². The minimum atomic E-state index is -0.220. The predicted molar refractivity (Wildman–Crippen MR) is 84.4 cm³/mol. The molecule has 0 saturated carbocycles. The summed E-state index contributed by atoms with van der Waals surface area (Å²) in [5.74, 6) is 0.371. The molecule has 0 aliphatic heterocycles. The molecular formula is C18H16N2O2. The number of hydrogen-bond acceptors (Lipinski definition) is 3. The van der Waals surface area contributed by atoms with Crippen LogP contribution in [0.15, 0.2) is 71.3 Å². The lowest BCUT2D eigenvalue weighted by Crippen LogP contribution is -2.25. The first-order chi connectivity index (χ1) is 10.8. The van der Waals surface area contributed by atoms with Gasteiger partial charge in [-0.15, -0.1) is 0 Å². The zero-order chi connectivity index (χ0) is 15.2. The molecule has 0 atom stereocenters.